The van der Waals surface area contributed by atoms with Crippen LogP contribution >= 0.6 is 11.6 Å². The van der Waals surface area contributed by atoms with E-state index in [1.165, 1.54) is 0 Å². The Morgan fingerprint density at radius 3 is 2.53 bits per heavy atom. The van der Waals surface area contributed by atoms with Crippen molar-refractivity contribution in [3.63, 3.8) is 0 Å². The molecule has 0 aromatic heterocycles. The molecule has 0 atom stereocenters. The third-order valence-corrected chi connectivity index (χ3v) is 2.98. The van der Waals surface area contributed by atoms with Crippen molar-refractivity contribution in [1.29, 1.82) is 0 Å². The molecule has 94 valence electrons. The van der Waals surface area contributed by atoms with Gasteiger partial charge in [-0.15, -0.1) is 0 Å². The highest BCUT2D eigenvalue weighted by atomic mass is 35.5. The maximum absolute atomic E-state index is 8.65. The number of nitrogens with one attached hydrogen (secondary N) is 1. The van der Waals surface area contributed by atoms with E-state index in [0.29, 0.717) is 5.02 Å². The Morgan fingerprint density at radius 2 is 2.00 bits per heavy atom. The molecule has 4 N–H and O–H groups in total. The second kappa shape index (κ2) is 5.77. The quantitative estimate of drug-likeness (QED) is 0.328. The van der Waals surface area contributed by atoms with Crippen molar-refractivity contribution < 1.29 is 5.21 Å². The Bertz CT molecular complexity index is 387. The number of hydrogen-bond acceptors (Lipinski definition) is 3. The van der Waals surface area contributed by atoms with Crippen LogP contribution in [0.15, 0.2) is 29.4 Å². The number of nitrogens with two attached hydrogens (primary N) is 1. The highest BCUT2D eigenvalue weighted by molar-refractivity contribution is 6.30. The van der Waals surface area contributed by atoms with Gasteiger partial charge >= 0.3 is 0 Å². The Hall–Kier alpha value is -1.42. The van der Waals surface area contributed by atoms with Crippen LogP contribution in [0.1, 0.15) is 20.3 Å². The van der Waals surface area contributed by atoms with Gasteiger partial charge in [0.05, 0.1) is 0 Å². The third-order valence-electron chi connectivity index (χ3n) is 2.72. The van der Waals surface area contributed by atoms with E-state index in [4.69, 9.17) is 22.5 Å². The molecule has 5 heteroatoms. The first-order valence-electron chi connectivity index (χ1n) is 5.43. The normalized spacial score (nSPS) is 12.5. The van der Waals surface area contributed by atoms with Gasteiger partial charge in [0.25, 0.3) is 0 Å². The Kier molecular flexibility index (Phi) is 4.63. The van der Waals surface area contributed by atoms with Crippen molar-refractivity contribution in [2.45, 2.75) is 20.3 Å². The molecule has 0 saturated heterocycles. The molecule has 4 nitrogen and oxygen atoms in total. The molecule has 17 heavy (non-hydrogen) atoms. The summed E-state index contributed by atoms with van der Waals surface area (Å²) in [4.78, 5) is 0. The molecular weight excluding hydrogens is 238 g/mol. The number of amidine groups is 1. The molecule has 0 spiro atoms. The van der Waals surface area contributed by atoms with Crippen LogP contribution in [0.2, 0.25) is 5.02 Å². The zero-order valence-electron chi connectivity index (χ0n) is 10.1. The van der Waals surface area contributed by atoms with Gasteiger partial charge in [-0.05, 0) is 30.7 Å². The van der Waals surface area contributed by atoms with Crippen LogP contribution in [0.5, 0.6) is 0 Å². The fourth-order valence-electron chi connectivity index (χ4n) is 1.35. The summed E-state index contributed by atoms with van der Waals surface area (Å²) in [6.07, 6.45) is 0.769. The van der Waals surface area contributed by atoms with Crippen LogP contribution in [0.25, 0.3) is 0 Å². The highest BCUT2D eigenvalue weighted by Crippen LogP contribution is 2.21. The third kappa shape index (κ3) is 4.15. The lowest BCUT2D eigenvalue weighted by molar-refractivity contribution is 0.306. The Balaban J connectivity index is 2.45. The monoisotopic (exact) mass is 255 g/mol. The van der Waals surface area contributed by atoms with Crippen molar-refractivity contribution in [3.8, 4) is 0 Å². The number of oxime groups is 1. The first-order valence-corrected chi connectivity index (χ1v) is 5.81. The molecule has 0 radical (unpaired) electrons. The molecule has 1 aromatic rings. The minimum absolute atomic E-state index is 0.246. The summed E-state index contributed by atoms with van der Waals surface area (Å²) in [7, 11) is 0. The van der Waals surface area contributed by atoms with Crippen LogP contribution in [-0.4, -0.2) is 17.6 Å². The van der Waals surface area contributed by atoms with E-state index in [2.05, 4.69) is 10.5 Å². The molecule has 0 heterocycles. The van der Waals surface area contributed by atoms with Gasteiger partial charge in [0.1, 0.15) is 5.84 Å². The van der Waals surface area contributed by atoms with Crippen LogP contribution < -0.4 is 11.1 Å². The molecule has 0 fully saturated rings. The average molecular weight is 256 g/mol. The summed E-state index contributed by atoms with van der Waals surface area (Å²) in [6, 6.07) is 7.49. The molecule has 0 amide bonds. The van der Waals surface area contributed by atoms with E-state index in [-0.39, 0.29) is 11.3 Å². The maximum atomic E-state index is 8.65. The smallest absolute Gasteiger partial charge is 0.144 e. The number of nitrogens with zero attached hydrogens (tertiary/aromatic N) is 1. The van der Waals surface area contributed by atoms with Crippen molar-refractivity contribution in [2.75, 3.05) is 11.9 Å². The number of anilines is 1. The van der Waals surface area contributed by atoms with Gasteiger partial charge in [-0.3, -0.25) is 0 Å². The van der Waals surface area contributed by atoms with E-state index in [0.717, 1.165) is 18.7 Å². The Labute approximate surface area is 106 Å². The molecule has 0 aliphatic carbocycles. The predicted molar refractivity (Wildman–Crippen MR) is 71.7 cm³/mol. The van der Waals surface area contributed by atoms with Crippen LogP contribution in [0.4, 0.5) is 5.69 Å². The second-order valence-corrected chi connectivity index (χ2v) is 4.99. The molecule has 0 aliphatic heterocycles. The first-order chi connectivity index (χ1) is 7.95. The number of halogens is 1. The fraction of sp³-hybridized carbons (Fsp3) is 0.417. The van der Waals surface area contributed by atoms with Gasteiger partial charge in [0, 0.05) is 22.7 Å². The van der Waals surface area contributed by atoms with Crippen molar-refractivity contribution in [1.82, 2.24) is 0 Å². The van der Waals surface area contributed by atoms with Crippen molar-refractivity contribution >= 4 is 23.1 Å². The van der Waals surface area contributed by atoms with Gasteiger partial charge in [0.2, 0.25) is 0 Å². The summed E-state index contributed by atoms with van der Waals surface area (Å²) < 4.78 is 0. The van der Waals surface area contributed by atoms with E-state index < -0.39 is 0 Å². The largest absolute Gasteiger partial charge is 0.409 e. The molecule has 0 bridgehead atoms. The first kappa shape index (κ1) is 13.6. The summed E-state index contributed by atoms with van der Waals surface area (Å²) in [5, 5.41) is 15.7. The van der Waals surface area contributed by atoms with Crippen LogP contribution in [0, 0.1) is 5.41 Å². The van der Waals surface area contributed by atoms with E-state index in [9.17, 15) is 0 Å². The predicted octanol–water partition coefficient (Wildman–Crippen LogP) is 2.91. The number of benzene rings is 1. The lowest BCUT2D eigenvalue weighted by atomic mass is 9.88. The van der Waals surface area contributed by atoms with Gasteiger partial charge in [0.15, 0.2) is 0 Å². The molecule has 0 unspecified atom stereocenters. The van der Waals surface area contributed by atoms with Gasteiger partial charge in [-0.1, -0.05) is 30.6 Å². The number of hydrogen-bond donors (Lipinski definition) is 3. The summed E-state index contributed by atoms with van der Waals surface area (Å²) in [5.41, 5.74) is 6.28. The minimum Gasteiger partial charge on any atom is -0.409 e. The lowest BCUT2D eigenvalue weighted by Crippen LogP contribution is -2.33. The van der Waals surface area contributed by atoms with Crippen molar-refractivity contribution in [3.05, 3.63) is 29.3 Å². The summed E-state index contributed by atoms with van der Waals surface area (Å²) in [6.45, 7) is 4.61. The molecule has 0 saturated carbocycles. The van der Waals surface area contributed by atoms with E-state index >= 15 is 0 Å². The van der Waals surface area contributed by atoms with Gasteiger partial charge in [-0.25, -0.2) is 0 Å². The summed E-state index contributed by atoms with van der Waals surface area (Å²) >= 11 is 5.79. The zero-order valence-corrected chi connectivity index (χ0v) is 10.8. The standard InChI is InChI=1S/C12H18ClN3O/c1-12(2,11(14)16-17)7-8-15-10-5-3-9(13)4-6-10/h3-6,15,17H,7-8H2,1-2H3,(H2,14,16). The fourth-order valence-corrected chi connectivity index (χ4v) is 1.48. The topological polar surface area (TPSA) is 70.6 Å². The van der Waals surface area contributed by atoms with Crippen molar-refractivity contribution in [2.24, 2.45) is 16.3 Å². The number of rotatable bonds is 5. The lowest BCUT2D eigenvalue weighted by Gasteiger charge is -2.23. The Morgan fingerprint density at radius 1 is 1.41 bits per heavy atom. The van der Waals surface area contributed by atoms with E-state index in [1.54, 1.807) is 0 Å². The molecule has 0 aliphatic rings. The highest BCUT2D eigenvalue weighted by Gasteiger charge is 2.22. The average Bonchev–Trinajstić information content (AvgIpc) is 2.30. The summed E-state index contributed by atoms with van der Waals surface area (Å²) in [5.74, 6) is 0.246. The zero-order chi connectivity index (χ0) is 12.9. The maximum Gasteiger partial charge on any atom is 0.144 e. The molecule has 1 rings (SSSR count). The second-order valence-electron chi connectivity index (χ2n) is 4.55. The van der Waals surface area contributed by atoms with Gasteiger partial charge < -0.3 is 16.3 Å². The van der Waals surface area contributed by atoms with Gasteiger partial charge in [-0.2, -0.15) is 0 Å². The van der Waals surface area contributed by atoms with Crippen LogP contribution in [-0.2, 0) is 0 Å². The van der Waals surface area contributed by atoms with Crippen LogP contribution in [0.3, 0.4) is 0 Å². The van der Waals surface area contributed by atoms with E-state index in [1.807, 2.05) is 38.1 Å². The minimum atomic E-state index is -0.325. The SMILES string of the molecule is CC(C)(CCNc1ccc(Cl)cc1)C(N)=NO. The molecular formula is C12H18ClN3O. The molecule has 1 aromatic carbocycles.